The smallest absolute Gasteiger partial charge is 0.206 e. The fourth-order valence-electron chi connectivity index (χ4n) is 2.67. The fourth-order valence-corrected chi connectivity index (χ4v) is 4.63. The van der Waals surface area contributed by atoms with E-state index in [-0.39, 0.29) is 11.1 Å². The normalized spacial score (nSPS) is 20.1. The highest BCUT2D eigenvalue weighted by molar-refractivity contribution is 7.95. The summed E-state index contributed by atoms with van der Waals surface area (Å²) in [4.78, 5) is 0. The zero-order valence-electron chi connectivity index (χ0n) is 12.9. The Hall–Kier alpha value is -0.290. The highest BCUT2D eigenvalue weighted by atomic mass is 35.6. The molecule has 2 atom stereocenters. The minimum atomic E-state index is -1.75. The molecule has 1 fully saturated rings. The molecule has 1 aliphatic rings. The first kappa shape index (κ1) is 19.0. The van der Waals surface area contributed by atoms with Crippen LogP contribution in [0.1, 0.15) is 43.8 Å². The van der Waals surface area contributed by atoms with E-state index < -0.39 is 16.0 Å². The lowest BCUT2D eigenvalue weighted by Gasteiger charge is -2.31. The van der Waals surface area contributed by atoms with Crippen molar-refractivity contribution in [1.82, 2.24) is 0 Å². The first-order chi connectivity index (χ1) is 10.9. The van der Waals surface area contributed by atoms with Gasteiger partial charge in [0.25, 0.3) is 0 Å². The van der Waals surface area contributed by atoms with Gasteiger partial charge in [0.2, 0.25) is 9.88 Å². The molecule has 0 bridgehead atoms. The summed E-state index contributed by atoms with van der Waals surface area (Å²) in [6, 6.07) is 8.96. The molecule has 1 saturated carbocycles. The van der Waals surface area contributed by atoms with Crippen molar-refractivity contribution in [2.45, 2.75) is 47.3 Å². The third-order valence-corrected chi connectivity index (χ3v) is 6.34. The van der Waals surface area contributed by atoms with Crippen LogP contribution in [0.3, 0.4) is 0 Å². The molecule has 2 rings (SSSR count). The monoisotopic (exact) mass is 395 g/mol. The number of hydrogen-bond donors (Lipinski definition) is 0. The maximum Gasteiger partial charge on any atom is 0.206 e. The number of benzene rings is 1. The van der Waals surface area contributed by atoms with Gasteiger partial charge in [-0.15, -0.1) is 0 Å². The van der Waals surface area contributed by atoms with Gasteiger partial charge in [0, 0.05) is 0 Å². The van der Waals surface area contributed by atoms with Crippen molar-refractivity contribution in [2.24, 2.45) is 4.40 Å². The van der Waals surface area contributed by atoms with Gasteiger partial charge in [-0.25, -0.2) is 0 Å². The fraction of sp³-hybridized carbons (Fsp3) is 0.562. The minimum absolute atomic E-state index is 0.365. The van der Waals surface area contributed by atoms with Crippen LogP contribution in [0.2, 0.25) is 0 Å². The molecule has 0 amide bonds. The molecule has 1 unspecified atom stereocenters. The largest absolute Gasteiger partial charge is 0.585 e. The molecule has 1 aromatic carbocycles. The van der Waals surface area contributed by atoms with E-state index in [1.165, 1.54) is 19.3 Å². The summed E-state index contributed by atoms with van der Waals surface area (Å²) in [6.45, 7) is 0. The summed E-state index contributed by atoms with van der Waals surface area (Å²) in [6.07, 6.45) is 6.23. The molecule has 7 heteroatoms. The molecule has 0 aliphatic heterocycles. The van der Waals surface area contributed by atoms with E-state index in [1.807, 2.05) is 12.3 Å². The average molecular weight is 397 g/mol. The Kier molecular flexibility index (Phi) is 7.20. The van der Waals surface area contributed by atoms with Crippen LogP contribution in [0.15, 0.2) is 34.7 Å². The lowest BCUT2D eigenvalue weighted by Crippen LogP contribution is -2.32. The number of hydrogen-bond acceptors (Lipinski definition) is 3. The Morgan fingerprint density at radius 2 is 1.83 bits per heavy atom. The van der Waals surface area contributed by atoms with Crippen molar-refractivity contribution in [2.75, 3.05) is 6.26 Å². The number of alkyl halides is 3. The molecule has 0 saturated heterocycles. The van der Waals surface area contributed by atoms with E-state index in [2.05, 4.69) is 4.40 Å². The summed E-state index contributed by atoms with van der Waals surface area (Å²) >= 11 is 17.6. The van der Waals surface area contributed by atoms with Gasteiger partial charge < -0.3 is 9.84 Å². The number of halogens is 3. The van der Waals surface area contributed by atoms with Gasteiger partial charge in [0.05, 0.1) is 6.10 Å². The molecule has 23 heavy (non-hydrogen) atoms. The summed E-state index contributed by atoms with van der Waals surface area (Å²) < 4.78 is 7.79. The minimum Gasteiger partial charge on any atom is -0.585 e. The highest BCUT2D eigenvalue weighted by Gasteiger charge is 2.33. The summed E-state index contributed by atoms with van der Waals surface area (Å²) in [5.74, 6) is 0. The van der Waals surface area contributed by atoms with Gasteiger partial charge in [0.1, 0.15) is 22.6 Å². The summed E-state index contributed by atoms with van der Waals surface area (Å²) in [5, 5.41) is 12.6. The van der Waals surface area contributed by atoms with Gasteiger partial charge in [0.15, 0.2) is 0 Å². The molecule has 3 nitrogen and oxygen atoms in total. The SMILES string of the molecule is C[S+](/N=C(\[O-])O[C@@H](c1ccccc1)C(Cl)(Cl)Cl)C1CCCCC1. The first-order valence-electron chi connectivity index (χ1n) is 7.57. The molecule has 0 N–H and O–H groups in total. The maximum absolute atomic E-state index is 12.2. The number of rotatable bonds is 4. The molecule has 0 aromatic heterocycles. The molecule has 1 aliphatic carbocycles. The molecule has 0 radical (unpaired) electrons. The lowest BCUT2D eigenvalue weighted by molar-refractivity contribution is -0.255. The molecule has 0 spiro atoms. The second-order valence-electron chi connectivity index (χ2n) is 5.59. The standard InChI is InChI=1S/C16H20Cl3NO2S/c1-23(13-10-6-3-7-11-13)20-15(21)22-14(16(17,18)19)12-8-4-2-5-9-12/h2,4-5,8-9,13-14H,3,6-7,10-11H2,1H3/t14-,23?/m0/s1. The lowest BCUT2D eigenvalue weighted by atomic mass is 10.0. The Balaban J connectivity index is 2.08. The van der Waals surface area contributed by atoms with Gasteiger partial charge in [-0.2, -0.15) is 0 Å². The quantitative estimate of drug-likeness (QED) is 0.329. The van der Waals surface area contributed by atoms with Crippen molar-refractivity contribution >= 4 is 52.0 Å². The van der Waals surface area contributed by atoms with E-state index in [4.69, 9.17) is 39.5 Å². The van der Waals surface area contributed by atoms with Crippen molar-refractivity contribution in [3.05, 3.63) is 35.9 Å². The van der Waals surface area contributed by atoms with E-state index in [0.29, 0.717) is 10.8 Å². The van der Waals surface area contributed by atoms with Crippen molar-refractivity contribution in [3.63, 3.8) is 0 Å². The second-order valence-corrected chi connectivity index (χ2v) is 9.86. The Labute approximate surface area is 155 Å². The molecule has 0 heterocycles. The second kappa shape index (κ2) is 8.70. The van der Waals surface area contributed by atoms with Gasteiger partial charge in [-0.05, 0) is 35.6 Å². The highest BCUT2D eigenvalue weighted by Crippen LogP contribution is 2.42. The third kappa shape index (κ3) is 5.93. The van der Waals surface area contributed by atoms with Gasteiger partial charge in [-0.1, -0.05) is 71.6 Å². The van der Waals surface area contributed by atoms with E-state index >= 15 is 0 Å². The first-order valence-corrected chi connectivity index (χ1v) is 10.4. The van der Waals surface area contributed by atoms with Crippen LogP contribution < -0.4 is 5.11 Å². The van der Waals surface area contributed by atoms with Crippen LogP contribution in [0, 0.1) is 0 Å². The van der Waals surface area contributed by atoms with Gasteiger partial charge >= 0.3 is 0 Å². The van der Waals surface area contributed by atoms with Crippen molar-refractivity contribution in [1.29, 1.82) is 0 Å². The van der Waals surface area contributed by atoms with Crippen LogP contribution in [-0.2, 0) is 15.8 Å². The van der Waals surface area contributed by atoms with E-state index in [9.17, 15) is 5.11 Å². The predicted octanol–water partition coefficient (Wildman–Crippen LogP) is 4.33. The summed E-state index contributed by atoms with van der Waals surface area (Å²) in [7, 11) is 0. The van der Waals surface area contributed by atoms with Crippen LogP contribution in [0.4, 0.5) is 0 Å². The average Bonchev–Trinajstić information content (AvgIpc) is 2.53. The Morgan fingerprint density at radius 3 is 2.39 bits per heavy atom. The van der Waals surface area contributed by atoms with Crippen molar-refractivity contribution in [3.8, 4) is 0 Å². The Morgan fingerprint density at radius 1 is 1.22 bits per heavy atom. The van der Waals surface area contributed by atoms with Crippen LogP contribution in [0.5, 0.6) is 0 Å². The van der Waals surface area contributed by atoms with Crippen LogP contribution in [0.25, 0.3) is 0 Å². The number of ether oxygens (including phenoxy) is 1. The topological polar surface area (TPSA) is 44.7 Å². The Bertz CT molecular complexity index is 516. The van der Waals surface area contributed by atoms with Crippen LogP contribution >= 0.6 is 34.8 Å². The van der Waals surface area contributed by atoms with Crippen molar-refractivity contribution < 1.29 is 9.84 Å². The summed E-state index contributed by atoms with van der Waals surface area (Å²) in [5.41, 5.74) is 0.629. The maximum atomic E-state index is 12.2. The van der Waals surface area contributed by atoms with Crippen LogP contribution in [-0.4, -0.2) is 21.4 Å². The zero-order valence-corrected chi connectivity index (χ0v) is 16.0. The van der Waals surface area contributed by atoms with E-state index in [0.717, 1.165) is 12.8 Å². The molecular formula is C16H20Cl3NO2S. The molecule has 1 aromatic rings. The van der Waals surface area contributed by atoms with Gasteiger partial charge in [-0.3, -0.25) is 0 Å². The molecular weight excluding hydrogens is 377 g/mol. The molecule has 128 valence electrons. The number of nitrogens with zero attached hydrogens (tertiary/aromatic N) is 1. The zero-order chi connectivity index (χ0) is 16.9. The predicted molar refractivity (Wildman–Crippen MR) is 98.2 cm³/mol. The third-order valence-electron chi connectivity index (χ3n) is 3.87. The van der Waals surface area contributed by atoms with E-state index in [1.54, 1.807) is 24.3 Å².